The SMILES string of the molecule is Cc1ccc(Br)cc1NC1CCCSC1C. The summed E-state index contributed by atoms with van der Waals surface area (Å²) >= 11 is 5.61. The van der Waals surface area contributed by atoms with Gasteiger partial charge in [0, 0.05) is 21.5 Å². The zero-order valence-corrected chi connectivity index (χ0v) is 12.2. The lowest BCUT2D eigenvalue weighted by atomic mass is 10.1. The van der Waals surface area contributed by atoms with Gasteiger partial charge >= 0.3 is 0 Å². The molecule has 1 heterocycles. The first kappa shape index (κ1) is 12.3. The molecule has 1 aromatic carbocycles. The summed E-state index contributed by atoms with van der Waals surface area (Å²) in [4.78, 5) is 0. The predicted molar refractivity (Wildman–Crippen MR) is 77.4 cm³/mol. The first-order chi connectivity index (χ1) is 7.66. The number of nitrogens with one attached hydrogen (secondary N) is 1. The van der Waals surface area contributed by atoms with Crippen molar-refractivity contribution in [2.45, 2.75) is 38.0 Å². The first-order valence-corrected chi connectivity index (χ1v) is 7.65. The third-order valence-corrected chi connectivity index (χ3v) is 5.02. The first-order valence-electron chi connectivity index (χ1n) is 5.81. The summed E-state index contributed by atoms with van der Waals surface area (Å²) in [6.07, 6.45) is 2.62. The molecule has 3 heteroatoms. The van der Waals surface area contributed by atoms with Crippen LogP contribution in [0.15, 0.2) is 22.7 Å². The Kier molecular flexibility index (Phi) is 4.20. The van der Waals surface area contributed by atoms with Crippen molar-refractivity contribution in [2.75, 3.05) is 11.1 Å². The average Bonchev–Trinajstić information content (AvgIpc) is 2.27. The number of thioether (sulfide) groups is 1. The molecule has 1 fully saturated rings. The van der Waals surface area contributed by atoms with Gasteiger partial charge in [0.1, 0.15) is 0 Å². The number of benzene rings is 1. The van der Waals surface area contributed by atoms with E-state index in [1.54, 1.807) is 0 Å². The van der Waals surface area contributed by atoms with E-state index in [2.05, 4.69) is 65.1 Å². The lowest BCUT2D eigenvalue weighted by molar-refractivity contribution is 0.617. The van der Waals surface area contributed by atoms with E-state index >= 15 is 0 Å². The van der Waals surface area contributed by atoms with Crippen molar-refractivity contribution in [3.63, 3.8) is 0 Å². The lowest BCUT2D eigenvalue weighted by Gasteiger charge is -2.30. The normalized spacial score (nSPS) is 25.4. The van der Waals surface area contributed by atoms with Gasteiger partial charge in [-0.15, -0.1) is 0 Å². The molecular weight excluding hydrogens is 282 g/mol. The minimum absolute atomic E-state index is 0.617. The average molecular weight is 300 g/mol. The van der Waals surface area contributed by atoms with Crippen molar-refractivity contribution in [3.05, 3.63) is 28.2 Å². The monoisotopic (exact) mass is 299 g/mol. The van der Waals surface area contributed by atoms with E-state index in [9.17, 15) is 0 Å². The van der Waals surface area contributed by atoms with Crippen molar-refractivity contribution in [3.8, 4) is 0 Å². The van der Waals surface area contributed by atoms with Gasteiger partial charge in [0.15, 0.2) is 0 Å². The van der Waals surface area contributed by atoms with Gasteiger partial charge < -0.3 is 5.32 Å². The highest BCUT2D eigenvalue weighted by molar-refractivity contribution is 9.10. The fourth-order valence-corrected chi connectivity index (χ4v) is 3.56. The Labute approximate surface area is 111 Å². The summed E-state index contributed by atoms with van der Waals surface area (Å²) in [5.74, 6) is 1.32. The zero-order valence-electron chi connectivity index (χ0n) is 9.79. The van der Waals surface area contributed by atoms with Crippen molar-refractivity contribution >= 4 is 33.4 Å². The molecule has 0 amide bonds. The van der Waals surface area contributed by atoms with Crippen LogP contribution < -0.4 is 5.32 Å². The maximum Gasteiger partial charge on any atom is 0.0383 e. The third kappa shape index (κ3) is 2.95. The Morgan fingerprint density at radius 1 is 1.44 bits per heavy atom. The largest absolute Gasteiger partial charge is 0.381 e. The minimum atomic E-state index is 0.617. The Morgan fingerprint density at radius 2 is 2.25 bits per heavy atom. The summed E-state index contributed by atoms with van der Waals surface area (Å²) in [5, 5.41) is 4.40. The molecule has 1 N–H and O–H groups in total. The molecule has 0 saturated carbocycles. The summed E-state index contributed by atoms with van der Waals surface area (Å²) in [6, 6.07) is 7.06. The van der Waals surface area contributed by atoms with Crippen molar-refractivity contribution in [2.24, 2.45) is 0 Å². The Balaban J connectivity index is 2.10. The van der Waals surface area contributed by atoms with Crippen LogP contribution in [-0.2, 0) is 0 Å². The number of hydrogen-bond donors (Lipinski definition) is 1. The smallest absolute Gasteiger partial charge is 0.0383 e. The van der Waals surface area contributed by atoms with E-state index in [0.29, 0.717) is 11.3 Å². The minimum Gasteiger partial charge on any atom is -0.381 e. The fraction of sp³-hybridized carbons (Fsp3) is 0.538. The van der Waals surface area contributed by atoms with Crippen LogP contribution in [0.3, 0.4) is 0 Å². The van der Waals surface area contributed by atoms with Crippen molar-refractivity contribution in [1.29, 1.82) is 0 Å². The summed E-state index contributed by atoms with van der Waals surface area (Å²) in [5.41, 5.74) is 2.60. The molecule has 88 valence electrons. The molecule has 1 aliphatic rings. The van der Waals surface area contributed by atoms with Crippen LogP contribution in [0.25, 0.3) is 0 Å². The van der Waals surface area contributed by atoms with Gasteiger partial charge in [-0.1, -0.05) is 28.9 Å². The quantitative estimate of drug-likeness (QED) is 0.866. The van der Waals surface area contributed by atoms with E-state index in [1.807, 2.05) is 0 Å². The molecular formula is C13H18BrNS. The lowest BCUT2D eigenvalue weighted by Crippen LogP contribution is -2.33. The molecule has 0 aromatic heterocycles. The van der Waals surface area contributed by atoms with Gasteiger partial charge in [-0.25, -0.2) is 0 Å². The van der Waals surface area contributed by atoms with Gasteiger partial charge in [0.05, 0.1) is 0 Å². The molecule has 1 nitrogen and oxygen atoms in total. The molecule has 0 radical (unpaired) electrons. The topological polar surface area (TPSA) is 12.0 Å². The fourth-order valence-electron chi connectivity index (χ4n) is 2.06. The summed E-state index contributed by atoms with van der Waals surface area (Å²) < 4.78 is 1.15. The molecule has 0 bridgehead atoms. The molecule has 2 atom stereocenters. The molecule has 16 heavy (non-hydrogen) atoms. The second-order valence-electron chi connectivity index (χ2n) is 4.43. The van der Waals surface area contributed by atoms with Crippen LogP contribution in [-0.4, -0.2) is 17.0 Å². The number of hydrogen-bond acceptors (Lipinski definition) is 2. The van der Waals surface area contributed by atoms with E-state index in [4.69, 9.17) is 0 Å². The number of aryl methyl sites for hydroxylation is 1. The van der Waals surface area contributed by atoms with Crippen LogP contribution in [0.4, 0.5) is 5.69 Å². The molecule has 0 spiro atoms. The van der Waals surface area contributed by atoms with Gasteiger partial charge in [0.25, 0.3) is 0 Å². The van der Waals surface area contributed by atoms with Crippen LogP contribution in [0, 0.1) is 6.92 Å². The Bertz CT molecular complexity index is 367. The zero-order chi connectivity index (χ0) is 11.5. The number of anilines is 1. The van der Waals surface area contributed by atoms with Crippen LogP contribution in [0.2, 0.25) is 0 Å². The van der Waals surface area contributed by atoms with E-state index < -0.39 is 0 Å². The van der Waals surface area contributed by atoms with Crippen LogP contribution in [0.1, 0.15) is 25.3 Å². The molecule has 2 rings (SSSR count). The van der Waals surface area contributed by atoms with Gasteiger partial charge in [-0.3, -0.25) is 0 Å². The van der Waals surface area contributed by atoms with Gasteiger partial charge in [-0.2, -0.15) is 11.8 Å². The third-order valence-electron chi connectivity index (χ3n) is 3.15. The predicted octanol–water partition coefficient (Wildman–Crippen LogP) is 4.45. The van der Waals surface area contributed by atoms with Crippen molar-refractivity contribution in [1.82, 2.24) is 0 Å². The standard InChI is InChI=1S/C13H18BrNS/c1-9-5-6-11(14)8-13(9)15-12-4-3-7-16-10(12)2/h5-6,8,10,12,15H,3-4,7H2,1-2H3. The number of halogens is 1. The summed E-state index contributed by atoms with van der Waals surface area (Å²) in [6.45, 7) is 4.49. The molecule has 1 aliphatic heterocycles. The number of rotatable bonds is 2. The molecule has 1 saturated heterocycles. The molecule has 2 unspecified atom stereocenters. The molecule has 0 aliphatic carbocycles. The van der Waals surface area contributed by atoms with Crippen molar-refractivity contribution < 1.29 is 0 Å². The highest BCUT2D eigenvalue weighted by atomic mass is 79.9. The van der Waals surface area contributed by atoms with E-state index in [0.717, 1.165) is 4.47 Å². The Morgan fingerprint density at radius 3 is 3.00 bits per heavy atom. The second-order valence-corrected chi connectivity index (χ2v) is 6.83. The summed E-state index contributed by atoms with van der Waals surface area (Å²) in [7, 11) is 0. The van der Waals surface area contributed by atoms with E-state index in [-0.39, 0.29) is 0 Å². The Hall–Kier alpha value is -0.150. The highest BCUT2D eigenvalue weighted by Crippen LogP contribution is 2.29. The second kappa shape index (κ2) is 5.46. The van der Waals surface area contributed by atoms with Crippen LogP contribution in [0.5, 0.6) is 0 Å². The highest BCUT2D eigenvalue weighted by Gasteiger charge is 2.21. The van der Waals surface area contributed by atoms with Gasteiger partial charge in [-0.05, 0) is 43.2 Å². The molecule has 1 aromatic rings. The van der Waals surface area contributed by atoms with E-state index in [1.165, 1.54) is 29.8 Å². The maximum atomic E-state index is 3.69. The maximum absolute atomic E-state index is 3.69. The van der Waals surface area contributed by atoms with Gasteiger partial charge in [0.2, 0.25) is 0 Å². The van der Waals surface area contributed by atoms with Crippen LogP contribution >= 0.6 is 27.7 Å².